The highest BCUT2D eigenvalue weighted by molar-refractivity contribution is 5.76. The zero-order valence-corrected chi connectivity index (χ0v) is 50.4. The summed E-state index contributed by atoms with van der Waals surface area (Å²) in [5.74, 6) is -0.0189. The number of aliphatic hydroxyl groups is 2. The van der Waals surface area contributed by atoms with Gasteiger partial charge in [-0.1, -0.05) is 334 Å². The van der Waals surface area contributed by atoms with Gasteiger partial charge in [-0.15, -0.1) is 0 Å². The Morgan fingerprint density at radius 2 is 0.635 bits per heavy atom. The molecule has 440 valence electrons. The summed E-state index contributed by atoms with van der Waals surface area (Å²) in [7, 11) is 0. The molecule has 6 nitrogen and oxygen atoms in total. The molecule has 0 aliphatic rings. The van der Waals surface area contributed by atoms with Crippen molar-refractivity contribution in [2.75, 3.05) is 13.2 Å². The predicted octanol–water partition coefficient (Wildman–Crippen LogP) is 21.6. The van der Waals surface area contributed by atoms with E-state index < -0.39 is 12.1 Å². The number of aliphatic hydroxyl groups excluding tert-OH is 2. The molecule has 0 aromatic heterocycles. The molecule has 0 aromatic rings. The minimum absolute atomic E-state index is 0.0108. The van der Waals surface area contributed by atoms with Gasteiger partial charge in [0, 0.05) is 12.8 Å². The zero-order chi connectivity index (χ0) is 53.6. The van der Waals surface area contributed by atoms with E-state index in [1.807, 2.05) is 0 Å². The number of esters is 1. The van der Waals surface area contributed by atoms with Crippen molar-refractivity contribution in [1.29, 1.82) is 0 Å². The molecule has 3 N–H and O–H groups in total. The highest BCUT2D eigenvalue weighted by Gasteiger charge is 2.20. The van der Waals surface area contributed by atoms with E-state index in [0.717, 1.165) is 44.9 Å². The van der Waals surface area contributed by atoms with Crippen molar-refractivity contribution in [1.82, 2.24) is 5.32 Å². The third-order valence-electron chi connectivity index (χ3n) is 16.1. The largest absolute Gasteiger partial charge is 0.466 e. The number of nitrogens with one attached hydrogen (secondary N) is 1. The lowest BCUT2D eigenvalue weighted by Gasteiger charge is -2.22. The molecule has 2 atom stereocenters. The fourth-order valence-corrected chi connectivity index (χ4v) is 10.9. The number of carbonyl (C=O) groups excluding carboxylic acids is 2. The Balaban J connectivity index is 3.34. The molecule has 0 saturated carbocycles. The van der Waals surface area contributed by atoms with Gasteiger partial charge in [0.15, 0.2) is 0 Å². The van der Waals surface area contributed by atoms with Crippen molar-refractivity contribution in [3.63, 3.8) is 0 Å². The molecular weight excluding hydrogens is 911 g/mol. The molecule has 0 fully saturated rings. The van der Waals surface area contributed by atoms with E-state index in [4.69, 9.17) is 4.74 Å². The lowest BCUT2D eigenvalue weighted by Crippen LogP contribution is -2.45. The van der Waals surface area contributed by atoms with Crippen LogP contribution in [0.5, 0.6) is 0 Å². The van der Waals surface area contributed by atoms with Crippen LogP contribution in [0.2, 0.25) is 0 Å². The first-order chi connectivity index (χ1) is 36.5. The van der Waals surface area contributed by atoms with Crippen molar-refractivity contribution in [3.05, 3.63) is 12.2 Å². The van der Waals surface area contributed by atoms with Gasteiger partial charge in [0.25, 0.3) is 0 Å². The van der Waals surface area contributed by atoms with Crippen molar-refractivity contribution in [2.45, 2.75) is 398 Å². The molecule has 0 aliphatic carbocycles. The second-order valence-corrected chi connectivity index (χ2v) is 23.5. The highest BCUT2D eigenvalue weighted by Crippen LogP contribution is 2.19. The van der Waals surface area contributed by atoms with Crippen LogP contribution in [0.1, 0.15) is 386 Å². The van der Waals surface area contributed by atoms with Crippen LogP contribution in [0.3, 0.4) is 0 Å². The standard InChI is InChI=1S/C68H133NO5/c1-3-5-7-9-11-13-15-17-19-34-38-42-46-50-54-58-62-68(73)74-63-59-55-51-47-43-39-35-31-29-27-25-23-21-20-22-24-26-28-30-33-37-41-45-49-53-57-61-67(72)69-65(64-70)66(71)60-56-52-48-44-40-36-32-18-16-14-12-10-8-6-4-2/h19,34,65-66,70-71H,3-18,20-33,35-64H2,1-2H3,(H,69,72)/b34-19-. The minimum atomic E-state index is -0.662. The van der Waals surface area contributed by atoms with Gasteiger partial charge < -0.3 is 20.3 Å². The second kappa shape index (κ2) is 64.1. The van der Waals surface area contributed by atoms with E-state index in [-0.39, 0.29) is 18.5 Å². The summed E-state index contributed by atoms with van der Waals surface area (Å²) in [6.07, 6.45) is 78.2. The molecule has 0 aromatic carbocycles. The van der Waals surface area contributed by atoms with E-state index in [2.05, 4.69) is 31.3 Å². The Hall–Kier alpha value is -1.40. The number of rotatable bonds is 64. The molecule has 0 heterocycles. The molecule has 0 bridgehead atoms. The first kappa shape index (κ1) is 72.6. The topological polar surface area (TPSA) is 95.9 Å². The Morgan fingerprint density at radius 1 is 0.365 bits per heavy atom. The van der Waals surface area contributed by atoms with Gasteiger partial charge in [0.2, 0.25) is 5.91 Å². The Morgan fingerprint density at radius 3 is 0.959 bits per heavy atom. The average Bonchev–Trinajstić information content (AvgIpc) is 3.40. The summed E-state index contributed by atoms with van der Waals surface area (Å²) in [4.78, 5) is 24.6. The quantitative estimate of drug-likeness (QED) is 0.0320. The number of hydrogen-bond donors (Lipinski definition) is 3. The Labute approximate surface area is 463 Å². The normalized spacial score (nSPS) is 12.5. The number of hydrogen-bond acceptors (Lipinski definition) is 5. The minimum Gasteiger partial charge on any atom is -0.466 e. The molecular formula is C68H133NO5. The molecule has 0 radical (unpaired) electrons. The third kappa shape index (κ3) is 59.8. The fraction of sp³-hybridized carbons (Fsp3) is 0.941. The van der Waals surface area contributed by atoms with Gasteiger partial charge in [-0.05, 0) is 51.4 Å². The monoisotopic (exact) mass is 1040 g/mol. The van der Waals surface area contributed by atoms with Gasteiger partial charge in [-0.3, -0.25) is 9.59 Å². The van der Waals surface area contributed by atoms with E-state index in [1.54, 1.807) is 0 Å². The van der Waals surface area contributed by atoms with Crippen LogP contribution in [0.15, 0.2) is 12.2 Å². The maximum absolute atomic E-state index is 12.5. The first-order valence-corrected chi connectivity index (χ1v) is 33.9. The van der Waals surface area contributed by atoms with E-state index in [0.29, 0.717) is 25.9 Å². The molecule has 0 spiro atoms. The summed E-state index contributed by atoms with van der Waals surface area (Å²) in [6, 6.07) is -0.539. The maximum Gasteiger partial charge on any atom is 0.305 e. The third-order valence-corrected chi connectivity index (χ3v) is 16.1. The highest BCUT2D eigenvalue weighted by atomic mass is 16.5. The van der Waals surface area contributed by atoms with Crippen molar-refractivity contribution >= 4 is 11.9 Å². The van der Waals surface area contributed by atoms with Crippen LogP contribution in [0.4, 0.5) is 0 Å². The molecule has 0 aliphatic heterocycles. The molecule has 6 heteroatoms. The van der Waals surface area contributed by atoms with Gasteiger partial charge in [-0.25, -0.2) is 0 Å². The van der Waals surface area contributed by atoms with Gasteiger partial charge in [0.05, 0.1) is 25.4 Å². The number of allylic oxidation sites excluding steroid dienone is 2. The van der Waals surface area contributed by atoms with Crippen LogP contribution < -0.4 is 5.32 Å². The lowest BCUT2D eigenvalue weighted by atomic mass is 10.0. The van der Waals surface area contributed by atoms with E-state index >= 15 is 0 Å². The summed E-state index contributed by atoms with van der Waals surface area (Å²) in [6.45, 7) is 4.98. The molecule has 1 amide bonds. The zero-order valence-electron chi connectivity index (χ0n) is 50.4. The molecule has 2 unspecified atom stereocenters. The second-order valence-electron chi connectivity index (χ2n) is 23.5. The number of unbranched alkanes of at least 4 members (excludes halogenated alkanes) is 51. The smallest absolute Gasteiger partial charge is 0.305 e. The van der Waals surface area contributed by atoms with Crippen molar-refractivity contribution < 1.29 is 24.5 Å². The van der Waals surface area contributed by atoms with E-state index in [1.165, 1.54) is 308 Å². The van der Waals surface area contributed by atoms with Crippen LogP contribution in [0.25, 0.3) is 0 Å². The average molecular weight is 1040 g/mol. The van der Waals surface area contributed by atoms with Crippen LogP contribution in [-0.2, 0) is 14.3 Å². The number of ether oxygens (including phenoxy) is 1. The molecule has 0 saturated heterocycles. The summed E-state index contributed by atoms with van der Waals surface area (Å²) >= 11 is 0. The van der Waals surface area contributed by atoms with Gasteiger partial charge in [-0.2, -0.15) is 0 Å². The molecule has 0 rings (SSSR count). The molecule has 74 heavy (non-hydrogen) atoms. The summed E-state index contributed by atoms with van der Waals surface area (Å²) in [5.41, 5.74) is 0. The van der Waals surface area contributed by atoms with Crippen LogP contribution in [-0.4, -0.2) is 47.4 Å². The van der Waals surface area contributed by atoms with Crippen LogP contribution >= 0.6 is 0 Å². The predicted molar refractivity (Wildman–Crippen MR) is 324 cm³/mol. The first-order valence-electron chi connectivity index (χ1n) is 33.9. The van der Waals surface area contributed by atoms with Crippen molar-refractivity contribution in [3.8, 4) is 0 Å². The Bertz CT molecular complexity index is 1110. The Kier molecular flexibility index (Phi) is 62.9. The maximum atomic E-state index is 12.5. The van der Waals surface area contributed by atoms with Crippen LogP contribution in [0, 0.1) is 0 Å². The SMILES string of the molecule is CCCCCCCCC/C=C\CCCCCCCC(=O)OCCCCCCCCCCCCCCCCCCCCCCCCCCCCC(=O)NC(CO)C(O)CCCCCCCCCCCCCCCCC. The number of amides is 1. The summed E-state index contributed by atoms with van der Waals surface area (Å²) in [5, 5.41) is 23.3. The summed E-state index contributed by atoms with van der Waals surface area (Å²) < 4.78 is 5.49. The fourth-order valence-electron chi connectivity index (χ4n) is 10.9. The van der Waals surface area contributed by atoms with Crippen molar-refractivity contribution in [2.24, 2.45) is 0 Å². The van der Waals surface area contributed by atoms with Gasteiger partial charge >= 0.3 is 5.97 Å². The van der Waals surface area contributed by atoms with E-state index in [9.17, 15) is 19.8 Å². The number of carbonyl (C=O) groups is 2. The van der Waals surface area contributed by atoms with Gasteiger partial charge in [0.1, 0.15) is 0 Å². The lowest BCUT2D eigenvalue weighted by molar-refractivity contribution is -0.143.